The number of thioether (sulfide) groups is 1. The number of hydrogen-bond acceptors (Lipinski definition) is 4. The van der Waals surface area contributed by atoms with Gasteiger partial charge in [-0.05, 0) is 30.8 Å². The number of nitrogens with zero attached hydrogens (tertiary/aromatic N) is 1. The van der Waals surface area contributed by atoms with Gasteiger partial charge in [0.1, 0.15) is 10.8 Å². The Labute approximate surface area is 108 Å². The third-order valence-corrected chi connectivity index (χ3v) is 4.28. The van der Waals surface area contributed by atoms with E-state index in [0.717, 1.165) is 27.8 Å². The quantitative estimate of drug-likeness (QED) is 0.847. The SMILES string of the molecule is NCCc1csc(CSc2ccc(F)cc2)n1. The van der Waals surface area contributed by atoms with Crippen LogP contribution < -0.4 is 5.73 Å². The van der Waals surface area contributed by atoms with Crippen LogP contribution in [0.5, 0.6) is 0 Å². The predicted molar refractivity (Wildman–Crippen MR) is 70.8 cm³/mol. The van der Waals surface area contributed by atoms with Gasteiger partial charge in [-0.1, -0.05) is 0 Å². The fourth-order valence-corrected chi connectivity index (χ4v) is 3.10. The summed E-state index contributed by atoms with van der Waals surface area (Å²) in [5.41, 5.74) is 6.54. The zero-order valence-corrected chi connectivity index (χ0v) is 10.9. The summed E-state index contributed by atoms with van der Waals surface area (Å²) >= 11 is 3.31. The Bertz CT molecular complexity index is 468. The van der Waals surface area contributed by atoms with Gasteiger partial charge < -0.3 is 5.73 Å². The van der Waals surface area contributed by atoms with Crippen molar-refractivity contribution in [2.24, 2.45) is 5.73 Å². The maximum atomic E-state index is 12.7. The standard InChI is InChI=1S/C12H13FN2S2/c13-9-1-3-11(4-2-9)16-8-12-15-10(5-6-14)7-17-12/h1-4,7H,5-6,8,14H2. The molecule has 90 valence electrons. The smallest absolute Gasteiger partial charge is 0.123 e. The third-order valence-electron chi connectivity index (χ3n) is 2.18. The molecule has 5 heteroatoms. The zero-order valence-electron chi connectivity index (χ0n) is 9.23. The molecule has 0 saturated carbocycles. The van der Waals surface area contributed by atoms with Crippen molar-refractivity contribution in [1.29, 1.82) is 0 Å². The first kappa shape index (κ1) is 12.5. The van der Waals surface area contributed by atoms with Gasteiger partial charge in [-0.3, -0.25) is 0 Å². The second kappa shape index (κ2) is 6.14. The first-order valence-corrected chi connectivity index (χ1v) is 7.16. The molecule has 0 aliphatic carbocycles. The van der Waals surface area contributed by atoms with Crippen LogP contribution in [-0.2, 0) is 12.2 Å². The number of halogens is 1. The second-order valence-electron chi connectivity index (χ2n) is 3.51. The molecule has 0 unspecified atom stereocenters. The summed E-state index contributed by atoms with van der Waals surface area (Å²) in [6, 6.07) is 6.52. The van der Waals surface area contributed by atoms with Crippen molar-refractivity contribution in [1.82, 2.24) is 4.98 Å². The summed E-state index contributed by atoms with van der Waals surface area (Å²) in [6.07, 6.45) is 0.831. The highest BCUT2D eigenvalue weighted by Gasteiger charge is 2.02. The highest BCUT2D eigenvalue weighted by atomic mass is 32.2. The molecule has 0 amide bonds. The lowest BCUT2D eigenvalue weighted by Gasteiger charge is -1.98. The van der Waals surface area contributed by atoms with Gasteiger partial charge in [-0.25, -0.2) is 9.37 Å². The van der Waals surface area contributed by atoms with Crippen molar-refractivity contribution in [3.8, 4) is 0 Å². The molecule has 0 fully saturated rings. The van der Waals surface area contributed by atoms with E-state index < -0.39 is 0 Å². The van der Waals surface area contributed by atoms with Crippen LogP contribution in [0.15, 0.2) is 34.5 Å². The van der Waals surface area contributed by atoms with Crippen molar-refractivity contribution in [2.75, 3.05) is 6.54 Å². The van der Waals surface area contributed by atoms with Crippen molar-refractivity contribution in [2.45, 2.75) is 17.1 Å². The maximum Gasteiger partial charge on any atom is 0.123 e. The molecule has 1 aromatic heterocycles. The van der Waals surface area contributed by atoms with Crippen LogP contribution in [0.1, 0.15) is 10.7 Å². The lowest BCUT2D eigenvalue weighted by atomic mass is 10.3. The van der Waals surface area contributed by atoms with Crippen LogP contribution in [0, 0.1) is 5.82 Å². The van der Waals surface area contributed by atoms with Crippen LogP contribution in [0.4, 0.5) is 4.39 Å². The van der Waals surface area contributed by atoms with Gasteiger partial charge in [0, 0.05) is 16.7 Å². The highest BCUT2D eigenvalue weighted by Crippen LogP contribution is 2.24. The van der Waals surface area contributed by atoms with Gasteiger partial charge in [-0.15, -0.1) is 23.1 Å². The van der Waals surface area contributed by atoms with Gasteiger partial charge >= 0.3 is 0 Å². The fourth-order valence-electron chi connectivity index (χ4n) is 1.35. The van der Waals surface area contributed by atoms with Gasteiger partial charge in [0.15, 0.2) is 0 Å². The summed E-state index contributed by atoms with van der Waals surface area (Å²) in [4.78, 5) is 5.53. The van der Waals surface area contributed by atoms with E-state index in [-0.39, 0.29) is 5.82 Å². The molecule has 0 atom stereocenters. The third kappa shape index (κ3) is 3.80. The summed E-state index contributed by atoms with van der Waals surface area (Å²) < 4.78 is 12.7. The van der Waals surface area contributed by atoms with Crippen molar-refractivity contribution < 1.29 is 4.39 Å². The Morgan fingerprint density at radius 2 is 2.06 bits per heavy atom. The van der Waals surface area contributed by atoms with E-state index >= 15 is 0 Å². The Balaban J connectivity index is 1.90. The molecule has 1 aromatic carbocycles. The maximum absolute atomic E-state index is 12.7. The molecule has 1 heterocycles. The van der Waals surface area contributed by atoms with E-state index in [1.807, 2.05) is 5.38 Å². The van der Waals surface area contributed by atoms with Gasteiger partial charge in [0.05, 0.1) is 11.4 Å². The fraction of sp³-hybridized carbons (Fsp3) is 0.250. The lowest BCUT2D eigenvalue weighted by Crippen LogP contribution is -2.02. The molecule has 0 aliphatic rings. The van der Waals surface area contributed by atoms with E-state index in [2.05, 4.69) is 4.98 Å². The monoisotopic (exact) mass is 268 g/mol. The molecule has 17 heavy (non-hydrogen) atoms. The highest BCUT2D eigenvalue weighted by molar-refractivity contribution is 7.98. The van der Waals surface area contributed by atoms with E-state index in [0.29, 0.717) is 6.54 Å². The molecule has 0 bridgehead atoms. The number of aromatic nitrogens is 1. The summed E-state index contributed by atoms with van der Waals surface area (Å²) in [5, 5.41) is 3.13. The van der Waals surface area contributed by atoms with Crippen molar-refractivity contribution >= 4 is 23.1 Å². The second-order valence-corrected chi connectivity index (χ2v) is 5.51. The molecule has 0 saturated heterocycles. The van der Waals surface area contributed by atoms with Gasteiger partial charge in [0.25, 0.3) is 0 Å². The minimum Gasteiger partial charge on any atom is -0.330 e. The average molecular weight is 268 g/mol. The largest absolute Gasteiger partial charge is 0.330 e. The van der Waals surface area contributed by atoms with Crippen LogP contribution in [0.2, 0.25) is 0 Å². The molecule has 0 spiro atoms. The Morgan fingerprint density at radius 3 is 2.76 bits per heavy atom. The van der Waals surface area contributed by atoms with Crippen LogP contribution in [0.3, 0.4) is 0 Å². The molecular weight excluding hydrogens is 255 g/mol. The number of rotatable bonds is 5. The normalized spacial score (nSPS) is 10.7. The predicted octanol–water partition coefficient (Wildman–Crippen LogP) is 3.08. The lowest BCUT2D eigenvalue weighted by molar-refractivity contribution is 0.626. The van der Waals surface area contributed by atoms with Crippen LogP contribution in [-0.4, -0.2) is 11.5 Å². The molecule has 2 rings (SSSR count). The molecule has 2 aromatic rings. The van der Waals surface area contributed by atoms with E-state index in [9.17, 15) is 4.39 Å². The van der Waals surface area contributed by atoms with E-state index in [4.69, 9.17) is 5.73 Å². The minimum absolute atomic E-state index is 0.200. The van der Waals surface area contributed by atoms with Gasteiger partial charge in [0.2, 0.25) is 0 Å². The zero-order chi connectivity index (χ0) is 12.1. The van der Waals surface area contributed by atoms with Crippen molar-refractivity contribution in [3.63, 3.8) is 0 Å². The summed E-state index contributed by atoms with van der Waals surface area (Å²) in [7, 11) is 0. The number of benzene rings is 1. The first-order chi connectivity index (χ1) is 8.28. The molecule has 0 radical (unpaired) electrons. The first-order valence-electron chi connectivity index (χ1n) is 5.29. The van der Waals surface area contributed by atoms with E-state index in [1.54, 1.807) is 35.2 Å². The van der Waals surface area contributed by atoms with Gasteiger partial charge in [-0.2, -0.15) is 0 Å². The molecule has 2 N–H and O–H groups in total. The molecular formula is C12H13FN2S2. The minimum atomic E-state index is -0.200. The summed E-state index contributed by atoms with van der Waals surface area (Å²) in [6.45, 7) is 0.633. The Hall–Kier alpha value is -0.910. The number of nitrogens with two attached hydrogens (primary N) is 1. The van der Waals surface area contributed by atoms with Crippen LogP contribution >= 0.6 is 23.1 Å². The Morgan fingerprint density at radius 1 is 1.29 bits per heavy atom. The number of thiazole rings is 1. The number of hydrogen-bond donors (Lipinski definition) is 1. The molecule has 2 nitrogen and oxygen atoms in total. The molecule has 0 aliphatic heterocycles. The average Bonchev–Trinajstić information content (AvgIpc) is 2.77. The van der Waals surface area contributed by atoms with Crippen LogP contribution in [0.25, 0.3) is 0 Å². The topological polar surface area (TPSA) is 38.9 Å². The van der Waals surface area contributed by atoms with E-state index in [1.165, 1.54) is 12.1 Å². The Kier molecular flexibility index (Phi) is 4.53. The van der Waals surface area contributed by atoms with Crippen molar-refractivity contribution in [3.05, 3.63) is 46.2 Å². The summed E-state index contributed by atoms with van der Waals surface area (Å²) in [5.74, 6) is 0.620.